The quantitative estimate of drug-likeness (QED) is 0.835. The Kier molecular flexibility index (Phi) is 5.06. The van der Waals surface area contributed by atoms with E-state index in [-0.39, 0.29) is 5.91 Å². The number of nitrogens with zero attached hydrogens (tertiary/aromatic N) is 1. The van der Waals surface area contributed by atoms with E-state index >= 15 is 0 Å². The first-order valence-electron chi connectivity index (χ1n) is 8.12. The average molecular weight is 358 g/mol. The van der Waals surface area contributed by atoms with Crippen molar-refractivity contribution in [1.82, 2.24) is 0 Å². The minimum Gasteiger partial charge on any atom is -0.497 e. The number of carbonyl (C=O) groups is 2. The number of anilines is 2. The summed E-state index contributed by atoms with van der Waals surface area (Å²) in [5.74, 6) is -0.952. The molecular formula is C19H19FN2O4. The fraction of sp³-hybridized carbons (Fsp3) is 0.263. The summed E-state index contributed by atoms with van der Waals surface area (Å²) >= 11 is 0. The standard InChI is InChI=1S/C19H19FN2O4/c1-25-15-9-13(10-16(11-15)26-2)21-18(23)17-6-7-22(19(17)24)14-5-3-4-12(20)8-14/h3-5,8-11,17H,6-7H2,1-2H3,(H,21,23). The third-order valence-electron chi connectivity index (χ3n) is 4.26. The minimum absolute atomic E-state index is 0.344. The molecule has 0 radical (unpaired) electrons. The molecule has 2 amide bonds. The van der Waals surface area contributed by atoms with Gasteiger partial charge in [0.2, 0.25) is 11.8 Å². The lowest BCUT2D eigenvalue weighted by atomic mass is 10.1. The molecule has 1 atom stereocenters. The minimum atomic E-state index is -0.824. The Morgan fingerprint density at radius 1 is 1.15 bits per heavy atom. The van der Waals surface area contributed by atoms with Crippen LogP contribution in [0, 0.1) is 11.7 Å². The molecule has 26 heavy (non-hydrogen) atoms. The maximum absolute atomic E-state index is 13.4. The van der Waals surface area contributed by atoms with E-state index in [9.17, 15) is 14.0 Å². The summed E-state index contributed by atoms with van der Waals surface area (Å²) in [5, 5.41) is 2.73. The van der Waals surface area contributed by atoms with Crippen molar-refractivity contribution in [3.05, 3.63) is 48.3 Å². The highest BCUT2D eigenvalue weighted by molar-refractivity contribution is 6.13. The molecule has 1 saturated heterocycles. The first-order chi connectivity index (χ1) is 12.5. The van der Waals surface area contributed by atoms with Gasteiger partial charge in [-0.2, -0.15) is 0 Å². The van der Waals surface area contributed by atoms with Crippen LogP contribution in [0.4, 0.5) is 15.8 Å². The molecule has 0 bridgehead atoms. The van der Waals surface area contributed by atoms with Crippen LogP contribution in [-0.4, -0.2) is 32.6 Å². The molecule has 6 nitrogen and oxygen atoms in total. The van der Waals surface area contributed by atoms with Crippen molar-refractivity contribution in [2.24, 2.45) is 5.92 Å². The van der Waals surface area contributed by atoms with Crippen LogP contribution in [-0.2, 0) is 9.59 Å². The van der Waals surface area contributed by atoms with E-state index in [1.54, 1.807) is 24.3 Å². The molecule has 0 saturated carbocycles. The second-order valence-electron chi connectivity index (χ2n) is 5.90. The van der Waals surface area contributed by atoms with Gasteiger partial charge in [-0.05, 0) is 24.6 Å². The van der Waals surface area contributed by atoms with Crippen molar-refractivity contribution in [3.8, 4) is 11.5 Å². The highest BCUT2D eigenvalue weighted by Gasteiger charge is 2.37. The molecule has 1 unspecified atom stereocenters. The van der Waals surface area contributed by atoms with Crippen LogP contribution in [0.5, 0.6) is 11.5 Å². The van der Waals surface area contributed by atoms with E-state index in [2.05, 4.69) is 5.32 Å². The number of carbonyl (C=O) groups excluding carboxylic acids is 2. The summed E-state index contributed by atoms with van der Waals surface area (Å²) in [6.45, 7) is 0.363. The third kappa shape index (κ3) is 3.61. The molecule has 0 aliphatic carbocycles. The number of ether oxygens (including phenoxy) is 2. The Hall–Kier alpha value is -3.09. The summed E-state index contributed by atoms with van der Waals surface area (Å²) < 4.78 is 23.7. The zero-order valence-electron chi connectivity index (χ0n) is 14.5. The summed E-state index contributed by atoms with van der Waals surface area (Å²) in [6, 6.07) is 10.7. The number of hydrogen-bond donors (Lipinski definition) is 1. The van der Waals surface area contributed by atoms with E-state index in [0.29, 0.717) is 35.8 Å². The lowest BCUT2D eigenvalue weighted by Crippen LogP contribution is -2.33. The zero-order chi connectivity index (χ0) is 18.7. The van der Waals surface area contributed by atoms with Crippen LogP contribution < -0.4 is 19.7 Å². The van der Waals surface area contributed by atoms with Gasteiger partial charge >= 0.3 is 0 Å². The molecule has 0 spiro atoms. The second kappa shape index (κ2) is 7.43. The van der Waals surface area contributed by atoms with E-state index < -0.39 is 17.6 Å². The number of hydrogen-bond acceptors (Lipinski definition) is 4. The lowest BCUT2D eigenvalue weighted by molar-refractivity contribution is -0.129. The molecule has 136 valence electrons. The Labute approximate surface area is 150 Å². The van der Waals surface area contributed by atoms with Gasteiger partial charge in [-0.1, -0.05) is 6.07 Å². The first-order valence-corrected chi connectivity index (χ1v) is 8.12. The lowest BCUT2D eigenvalue weighted by Gasteiger charge is -2.17. The largest absolute Gasteiger partial charge is 0.497 e. The van der Waals surface area contributed by atoms with E-state index in [1.165, 1.54) is 37.3 Å². The van der Waals surface area contributed by atoms with Crippen LogP contribution in [0.2, 0.25) is 0 Å². The number of amides is 2. The molecule has 1 fully saturated rings. The van der Waals surface area contributed by atoms with Gasteiger partial charge in [-0.25, -0.2) is 4.39 Å². The van der Waals surface area contributed by atoms with Gasteiger partial charge < -0.3 is 19.7 Å². The second-order valence-corrected chi connectivity index (χ2v) is 5.90. The summed E-state index contributed by atoms with van der Waals surface area (Å²) in [7, 11) is 3.02. The van der Waals surface area contributed by atoms with Gasteiger partial charge in [-0.3, -0.25) is 9.59 Å². The van der Waals surface area contributed by atoms with E-state index in [4.69, 9.17) is 9.47 Å². The smallest absolute Gasteiger partial charge is 0.239 e. The van der Waals surface area contributed by atoms with Crippen molar-refractivity contribution in [3.63, 3.8) is 0 Å². The molecule has 1 aliphatic rings. The molecule has 7 heteroatoms. The van der Waals surface area contributed by atoms with Crippen LogP contribution in [0.1, 0.15) is 6.42 Å². The van der Waals surface area contributed by atoms with Crippen molar-refractivity contribution < 1.29 is 23.5 Å². The van der Waals surface area contributed by atoms with Crippen molar-refractivity contribution in [2.45, 2.75) is 6.42 Å². The zero-order valence-corrected chi connectivity index (χ0v) is 14.5. The Morgan fingerprint density at radius 2 is 1.85 bits per heavy atom. The molecule has 1 aliphatic heterocycles. The van der Waals surface area contributed by atoms with Crippen LogP contribution in [0.3, 0.4) is 0 Å². The monoisotopic (exact) mass is 358 g/mol. The van der Waals surface area contributed by atoms with E-state index in [0.717, 1.165) is 0 Å². The third-order valence-corrected chi connectivity index (χ3v) is 4.26. The summed E-state index contributed by atoms with van der Waals surface area (Å²) in [6.07, 6.45) is 0.363. The predicted molar refractivity (Wildman–Crippen MR) is 95.0 cm³/mol. The molecule has 0 aromatic heterocycles. The van der Waals surface area contributed by atoms with Gasteiger partial charge in [0.05, 0.1) is 14.2 Å². The van der Waals surface area contributed by atoms with Gasteiger partial charge in [0.15, 0.2) is 0 Å². The summed E-state index contributed by atoms with van der Waals surface area (Å²) in [5.41, 5.74) is 0.927. The van der Waals surface area contributed by atoms with Crippen LogP contribution >= 0.6 is 0 Å². The molecule has 3 rings (SSSR count). The van der Waals surface area contributed by atoms with E-state index in [1.807, 2.05) is 0 Å². The van der Waals surface area contributed by atoms with Gasteiger partial charge in [0, 0.05) is 36.1 Å². The number of benzene rings is 2. The molecule has 2 aromatic carbocycles. The topological polar surface area (TPSA) is 67.9 Å². The summed E-state index contributed by atoms with van der Waals surface area (Å²) in [4.78, 5) is 26.6. The number of methoxy groups -OCH3 is 2. The van der Waals surface area contributed by atoms with Gasteiger partial charge in [0.25, 0.3) is 0 Å². The molecule has 2 aromatic rings. The maximum Gasteiger partial charge on any atom is 0.239 e. The van der Waals surface area contributed by atoms with Gasteiger partial charge in [0.1, 0.15) is 23.2 Å². The number of nitrogens with one attached hydrogen (secondary N) is 1. The fourth-order valence-corrected chi connectivity index (χ4v) is 2.93. The molecular weight excluding hydrogens is 339 g/mol. The Morgan fingerprint density at radius 3 is 2.46 bits per heavy atom. The maximum atomic E-state index is 13.4. The Bertz CT molecular complexity index is 818. The highest BCUT2D eigenvalue weighted by Crippen LogP contribution is 2.29. The fourth-order valence-electron chi connectivity index (χ4n) is 2.93. The van der Waals surface area contributed by atoms with Crippen molar-refractivity contribution in [1.29, 1.82) is 0 Å². The predicted octanol–water partition coefficient (Wildman–Crippen LogP) is 2.83. The first kappa shape index (κ1) is 17.7. The van der Waals surface area contributed by atoms with Gasteiger partial charge in [-0.15, -0.1) is 0 Å². The number of halogens is 1. The molecule has 1 N–H and O–H groups in total. The highest BCUT2D eigenvalue weighted by atomic mass is 19.1. The van der Waals surface area contributed by atoms with Crippen molar-refractivity contribution in [2.75, 3.05) is 31.0 Å². The number of rotatable bonds is 5. The van der Waals surface area contributed by atoms with Crippen molar-refractivity contribution >= 4 is 23.2 Å². The Balaban J connectivity index is 1.74. The molecule has 1 heterocycles. The SMILES string of the molecule is COc1cc(NC(=O)C2CCN(c3cccc(F)c3)C2=O)cc(OC)c1. The average Bonchev–Trinajstić information content (AvgIpc) is 3.02. The normalized spacial score (nSPS) is 16.5. The van der Waals surface area contributed by atoms with Crippen LogP contribution in [0.25, 0.3) is 0 Å². The van der Waals surface area contributed by atoms with Crippen LogP contribution in [0.15, 0.2) is 42.5 Å².